The Morgan fingerprint density at radius 2 is 2.06 bits per heavy atom. The highest BCUT2D eigenvalue weighted by molar-refractivity contribution is 7.40. The summed E-state index contributed by atoms with van der Waals surface area (Å²) >= 11 is 0. The summed E-state index contributed by atoms with van der Waals surface area (Å²) < 4.78 is 12.0. The molecule has 0 radical (unpaired) electrons. The van der Waals surface area contributed by atoms with E-state index in [4.69, 9.17) is 0 Å². The molecule has 3 unspecified atom stereocenters. The van der Waals surface area contributed by atoms with Crippen LogP contribution in [0.5, 0.6) is 0 Å². The van der Waals surface area contributed by atoms with Gasteiger partial charge < -0.3 is 10.00 Å². The number of benzene rings is 1. The van der Waals surface area contributed by atoms with Crippen LogP contribution < -0.4 is 0 Å². The van der Waals surface area contributed by atoms with Gasteiger partial charge in [0.25, 0.3) is 0 Å². The van der Waals surface area contributed by atoms with Gasteiger partial charge in [0.15, 0.2) is 0 Å². The molecular weight excluding hydrogens is 247 g/mol. The van der Waals surface area contributed by atoms with Crippen LogP contribution in [-0.4, -0.2) is 16.1 Å². The number of hydrogen-bond donors (Lipinski definition) is 2. The van der Waals surface area contributed by atoms with E-state index in [1.165, 1.54) is 0 Å². The monoisotopic (exact) mass is 266 g/mol. The molecule has 1 aromatic rings. The first-order valence-electron chi connectivity index (χ1n) is 6.27. The third kappa shape index (κ3) is 2.18. The normalized spacial score (nSPS) is 24.4. The first-order valence-corrected chi connectivity index (χ1v) is 7.63. The van der Waals surface area contributed by atoms with Crippen LogP contribution in [0.25, 0.3) is 0 Å². The Hall–Kier alpha value is -0.890. The number of aliphatic hydroxyl groups excluding tert-OH is 1. The number of aliphatic hydroxyl groups is 1. The molecule has 0 heterocycles. The molecule has 1 aliphatic carbocycles. The average Bonchev–Trinajstić information content (AvgIpc) is 2.79. The van der Waals surface area contributed by atoms with Gasteiger partial charge >= 0.3 is 0 Å². The zero-order valence-electron chi connectivity index (χ0n) is 10.5. The fourth-order valence-electron chi connectivity index (χ4n) is 2.80. The zero-order valence-corrected chi connectivity index (χ0v) is 11.5. The van der Waals surface area contributed by atoms with Gasteiger partial charge in [-0.3, -0.25) is 4.57 Å². The summed E-state index contributed by atoms with van der Waals surface area (Å²) in [4.78, 5) is 9.89. The average molecular weight is 266 g/mol. The first kappa shape index (κ1) is 13.5. The van der Waals surface area contributed by atoms with Crippen LogP contribution in [0, 0.1) is 0 Å². The maximum absolute atomic E-state index is 12.0. The summed E-state index contributed by atoms with van der Waals surface area (Å²) in [5.41, 5.74) is 1.79. The minimum absolute atomic E-state index is 0.406. The quantitative estimate of drug-likeness (QED) is 0.650. The van der Waals surface area contributed by atoms with Crippen LogP contribution in [0.3, 0.4) is 0 Å². The molecule has 0 aromatic heterocycles. The van der Waals surface area contributed by atoms with E-state index in [1.807, 2.05) is 43.3 Å². The summed E-state index contributed by atoms with van der Waals surface area (Å²) in [6.45, 7) is 1.93. The minimum atomic E-state index is -2.77. The van der Waals surface area contributed by atoms with E-state index < -0.39 is 19.3 Å². The summed E-state index contributed by atoms with van der Waals surface area (Å²) in [5.74, 6) is 0. The Morgan fingerprint density at radius 1 is 1.39 bits per heavy atom. The van der Waals surface area contributed by atoms with E-state index in [0.717, 1.165) is 11.1 Å². The van der Waals surface area contributed by atoms with Gasteiger partial charge in [-0.2, -0.15) is 0 Å². The van der Waals surface area contributed by atoms with Crippen LogP contribution in [0.1, 0.15) is 31.7 Å². The van der Waals surface area contributed by atoms with Crippen molar-refractivity contribution in [2.24, 2.45) is 0 Å². The van der Waals surface area contributed by atoms with Crippen molar-refractivity contribution in [2.45, 2.75) is 37.4 Å². The van der Waals surface area contributed by atoms with Crippen LogP contribution in [0.4, 0.5) is 0 Å². The van der Waals surface area contributed by atoms with Gasteiger partial charge in [0.05, 0.1) is 11.3 Å². The van der Waals surface area contributed by atoms with Crippen molar-refractivity contribution >= 4 is 8.03 Å². The maximum Gasteiger partial charge on any atom is 0.203 e. The molecule has 3 atom stereocenters. The predicted octanol–water partition coefficient (Wildman–Crippen LogP) is 2.84. The molecule has 2 rings (SSSR count). The van der Waals surface area contributed by atoms with Gasteiger partial charge in [-0.05, 0) is 24.8 Å². The molecule has 3 nitrogen and oxygen atoms in total. The lowest BCUT2D eigenvalue weighted by Gasteiger charge is -2.32. The number of rotatable bonds is 4. The van der Waals surface area contributed by atoms with Gasteiger partial charge in [0, 0.05) is 0 Å². The molecule has 98 valence electrons. The largest absolute Gasteiger partial charge is 0.392 e. The Balaban J connectivity index is 2.51. The van der Waals surface area contributed by atoms with E-state index in [2.05, 4.69) is 0 Å². The highest BCUT2D eigenvalue weighted by atomic mass is 31.1. The molecule has 0 saturated heterocycles. The molecule has 0 amide bonds. The lowest BCUT2D eigenvalue weighted by Crippen LogP contribution is -2.24. The van der Waals surface area contributed by atoms with E-state index in [1.54, 1.807) is 0 Å². The molecule has 4 heteroatoms. The molecule has 0 bridgehead atoms. The Bertz CT molecular complexity index is 469. The van der Waals surface area contributed by atoms with Crippen LogP contribution in [0.15, 0.2) is 42.0 Å². The number of hydrogen-bond acceptors (Lipinski definition) is 2. The minimum Gasteiger partial charge on any atom is -0.392 e. The van der Waals surface area contributed by atoms with Crippen molar-refractivity contribution < 1.29 is 14.6 Å². The third-order valence-corrected chi connectivity index (χ3v) is 5.50. The van der Waals surface area contributed by atoms with E-state index in [-0.39, 0.29) is 0 Å². The van der Waals surface area contributed by atoms with E-state index in [9.17, 15) is 14.6 Å². The fraction of sp³-hybridized carbons (Fsp3) is 0.429. The molecule has 1 aliphatic rings. The fourth-order valence-corrected chi connectivity index (χ4v) is 3.99. The SMILES string of the molecule is CCC(C1=CCC(O)C1)(c1ccccc1)[PH](=O)O. The molecule has 2 N–H and O–H groups in total. The van der Waals surface area contributed by atoms with E-state index >= 15 is 0 Å². The first-order chi connectivity index (χ1) is 8.61. The molecule has 0 spiro atoms. The summed E-state index contributed by atoms with van der Waals surface area (Å²) in [5, 5.41) is 8.86. The molecule has 1 aromatic carbocycles. The highest BCUT2D eigenvalue weighted by Crippen LogP contribution is 2.55. The van der Waals surface area contributed by atoms with Gasteiger partial charge in [-0.1, -0.05) is 48.9 Å². The van der Waals surface area contributed by atoms with Crippen LogP contribution in [-0.2, 0) is 9.72 Å². The Kier molecular flexibility index (Phi) is 4.06. The molecule has 0 aliphatic heterocycles. The Labute approximate surface area is 108 Å². The molecule has 0 fully saturated rings. The zero-order chi connectivity index (χ0) is 13.2. The second-order valence-corrected chi connectivity index (χ2v) is 6.22. The third-order valence-electron chi connectivity index (χ3n) is 3.80. The lowest BCUT2D eigenvalue weighted by molar-refractivity contribution is 0.186. The predicted molar refractivity (Wildman–Crippen MR) is 73.0 cm³/mol. The smallest absolute Gasteiger partial charge is 0.203 e. The van der Waals surface area contributed by atoms with E-state index in [0.29, 0.717) is 19.3 Å². The second kappa shape index (κ2) is 5.40. The standard InChI is InChI=1S/C14H19O3P/c1-2-14(18(16)17,11-6-4-3-5-7-11)12-8-9-13(15)10-12/h3-8,13,15,18H,2,9-10H2,1H3,(H,16,17). The second-order valence-electron chi connectivity index (χ2n) is 4.75. The van der Waals surface area contributed by atoms with Crippen molar-refractivity contribution in [1.29, 1.82) is 0 Å². The van der Waals surface area contributed by atoms with Crippen molar-refractivity contribution in [3.05, 3.63) is 47.5 Å². The summed E-state index contributed by atoms with van der Waals surface area (Å²) in [6, 6.07) is 9.46. The molecular formula is C14H19O3P. The van der Waals surface area contributed by atoms with Crippen LogP contribution >= 0.6 is 8.03 Å². The molecule has 0 saturated carbocycles. The summed E-state index contributed by atoms with van der Waals surface area (Å²) in [6.07, 6.45) is 3.18. The van der Waals surface area contributed by atoms with Crippen molar-refractivity contribution in [3.8, 4) is 0 Å². The van der Waals surface area contributed by atoms with Crippen molar-refractivity contribution in [3.63, 3.8) is 0 Å². The van der Waals surface area contributed by atoms with Gasteiger partial charge in [0.2, 0.25) is 8.03 Å². The topological polar surface area (TPSA) is 57.5 Å². The van der Waals surface area contributed by atoms with Crippen molar-refractivity contribution in [1.82, 2.24) is 0 Å². The van der Waals surface area contributed by atoms with Crippen molar-refractivity contribution in [2.75, 3.05) is 0 Å². The lowest BCUT2D eigenvalue weighted by atomic mass is 9.87. The maximum atomic E-state index is 12.0. The van der Waals surface area contributed by atoms with Crippen LogP contribution in [0.2, 0.25) is 0 Å². The van der Waals surface area contributed by atoms with Gasteiger partial charge in [0.1, 0.15) is 0 Å². The Morgan fingerprint density at radius 3 is 2.50 bits per heavy atom. The summed E-state index contributed by atoms with van der Waals surface area (Å²) in [7, 11) is -2.77. The highest BCUT2D eigenvalue weighted by Gasteiger charge is 2.41. The van der Waals surface area contributed by atoms with Gasteiger partial charge in [-0.25, -0.2) is 0 Å². The van der Waals surface area contributed by atoms with Gasteiger partial charge in [-0.15, -0.1) is 0 Å². The molecule has 18 heavy (non-hydrogen) atoms.